The topological polar surface area (TPSA) is 439 Å². The Morgan fingerprint density at radius 1 is 0.592 bits per heavy atom. The van der Waals surface area contributed by atoms with Crippen LogP contribution in [0, 0.1) is 34.6 Å². The van der Waals surface area contributed by atoms with E-state index in [4.69, 9.17) is 19.6 Å². The predicted octanol–water partition coefficient (Wildman–Crippen LogP) is -0.942. The molecule has 11 heterocycles. The Bertz CT molecular complexity index is 5330. The van der Waals surface area contributed by atoms with Gasteiger partial charge in [-0.15, -0.1) is 48.7 Å². The molecular formula is C59H86F3N25O14SSi. The SMILES string of the molecule is COc1ccccc1COC1CC2CCC(C1)N2CC(F)Cn1c(=O)nc2n(C)c(C)nn2c1=O.Cc1nn2c(=O)[nH]c(=O)nc2n1C.Cc1nn2c(=O)n(CC(F)COS(C)(=O)=O)c(=O)nc2n1C.Cc1nn2c(=O)n(CC(F)CO[Si](C)(C)C(C)(C)C)c(=O)nc2n1C.Cc1nnc(N)n1C. The molecule has 2 aliphatic heterocycles. The minimum absolute atomic E-state index is 0.0338. The van der Waals surface area contributed by atoms with Gasteiger partial charge in [-0.2, -0.15) is 28.4 Å². The van der Waals surface area contributed by atoms with E-state index in [1.807, 2.05) is 56.3 Å². The zero-order chi connectivity index (χ0) is 76.2. The third kappa shape index (κ3) is 18.1. The Hall–Kier alpha value is -9.92. The molecule has 5 atom stereocenters. The van der Waals surface area contributed by atoms with Crippen molar-refractivity contribution in [2.75, 3.05) is 38.9 Å². The molecular weight excluding hydrogens is 1400 g/mol. The summed E-state index contributed by atoms with van der Waals surface area (Å²) >= 11 is 0. The maximum Gasteiger partial charge on any atom is 0.356 e. The van der Waals surface area contributed by atoms with Crippen molar-refractivity contribution in [1.29, 1.82) is 0 Å². The number of nitrogens with one attached hydrogen (secondary N) is 1. The van der Waals surface area contributed by atoms with Crippen molar-refractivity contribution >= 4 is 47.5 Å². The van der Waals surface area contributed by atoms with Gasteiger partial charge >= 0.3 is 45.5 Å². The fourth-order valence-electron chi connectivity index (χ4n) is 10.8. The molecule has 2 aliphatic rings. The Kier molecular flexibility index (Phi) is 24.3. The van der Waals surface area contributed by atoms with Crippen molar-refractivity contribution in [2.24, 2.45) is 35.2 Å². The fraction of sp³-hybridized carbons (Fsp3) is 0.593. The lowest BCUT2D eigenvalue weighted by Crippen LogP contribution is -2.49. The van der Waals surface area contributed by atoms with Gasteiger partial charge in [0.25, 0.3) is 10.1 Å². The standard InChI is InChI=1S/C24H31FN6O4.C15H26FN5O3Si.C10H14FN5O5S.C6H7N5O2.C4H8N4/c1-15-27-31-22(28(15)2)26-23(32)30(24(31)33)13-17(25)12-29-18-8-9-19(29)11-20(10-18)35-14-16-6-4-5-7-21(16)34-3;1-10-18-21-12(19(10)5)17-13(22)20(14(21)23)8-11(16)9-24-25(6,7)15(2,3)4;1-6-13-16-8(14(6)2)12-9(17)15(10(16)18)4-7(11)5-21-22(3,19)20;1-3-9-11-5(10(3)2)7-4(12)8-6(11)13;1-3-6-7-4(5)8(3)2/h4-7,17-20H,8-14H2,1-3H3;11H,8-9H2,1-7H3;7H,4-5H2,1-3H3;1-2H3,(H,8,12,13);1-2H3,(H2,5,7). The molecule has 2 bridgehead atoms. The van der Waals surface area contributed by atoms with Crippen LogP contribution in [0.3, 0.4) is 0 Å². The summed E-state index contributed by atoms with van der Waals surface area (Å²) in [6, 6.07) is 8.28. The first-order valence-electron chi connectivity index (χ1n) is 32.2. The molecule has 0 saturated carbocycles. The van der Waals surface area contributed by atoms with Gasteiger partial charge in [0, 0.05) is 59.4 Å². The van der Waals surface area contributed by atoms with E-state index in [9.17, 15) is 55.6 Å². The average molecular weight is 1490 g/mol. The quantitative estimate of drug-likeness (QED) is 0.0773. The maximum atomic E-state index is 15.2. The van der Waals surface area contributed by atoms with Gasteiger partial charge in [0.1, 0.15) is 53.4 Å². The summed E-state index contributed by atoms with van der Waals surface area (Å²) in [6.45, 7) is 17.1. The van der Waals surface area contributed by atoms with Gasteiger partial charge in [-0.25, -0.2) is 65.2 Å². The number of rotatable bonds is 18. The van der Waals surface area contributed by atoms with E-state index in [2.05, 4.69) is 80.4 Å². The Morgan fingerprint density at radius 3 is 1.41 bits per heavy atom. The van der Waals surface area contributed by atoms with E-state index in [1.54, 1.807) is 76.7 Å². The highest BCUT2D eigenvalue weighted by atomic mass is 32.2. The number of alkyl halides is 3. The second-order valence-electron chi connectivity index (χ2n) is 26.3. The number of ether oxygens (including phenoxy) is 2. The molecule has 1 aromatic carbocycles. The molecule has 2 fully saturated rings. The highest BCUT2D eigenvalue weighted by Crippen LogP contribution is 2.38. The van der Waals surface area contributed by atoms with Crippen molar-refractivity contribution in [2.45, 2.75) is 162 Å². The van der Waals surface area contributed by atoms with Crippen LogP contribution in [0.25, 0.3) is 23.1 Å². The number of aromatic nitrogens is 23. The molecule has 0 amide bonds. The smallest absolute Gasteiger partial charge is 0.356 e. The summed E-state index contributed by atoms with van der Waals surface area (Å²) in [6.07, 6.45) is -0.190. The van der Waals surface area contributed by atoms with Gasteiger partial charge in [-0.3, -0.25) is 32.3 Å². The van der Waals surface area contributed by atoms with Crippen LogP contribution in [0.1, 0.15) is 81.1 Å². The number of nitrogen functional groups attached to an aromatic ring is 1. The number of benzene rings is 1. The number of nitrogens with zero attached hydrogens (tertiary/aromatic N) is 23. The van der Waals surface area contributed by atoms with Crippen molar-refractivity contribution in [3.05, 3.63) is 143 Å². The van der Waals surface area contributed by atoms with Gasteiger partial charge in [-0.1, -0.05) is 39.0 Å². The highest BCUT2D eigenvalue weighted by Gasteiger charge is 2.42. The van der Waals surface area contributed by atoms with Crippen LogP contribution in [-0.4, -0.2) is 202 Å². The van der Waals surface area contributed by atoms with Crippen molar-refractivity contribution in [1.82, 2.24) is 115 Å². The van der Waals surface area contributed by atoms with Crippen molar-refractivity contribution < 1.29 is 39.7 Å². The predicted molar refractivity (Wildman–Crippen MR) is 368 cm³/mol. The molecule has 0 spiro atoms. The second kappa shape index (κ2) is 31.8. The average Bonchev–Trinajstić information content (AvgIpc) is 1.68. The van der Waals surface area contributed by atoms with Crippen LogP contribution in [0.2, 0.25) is 18.1 Å². The van der Waals surface area contributed by atoms with Gasteiger partial charge < -0.3 is 24.2 Å². The van der Waals surface area contributed by atoms with Gasteiger partial charge in [0.2, 0.25) is 29.1 Å². The maximum absolute atomic E-state index is 15.2. The van der Waals surface area contributed by atoms with Crippen LogP contribution in [0.4, 0.5) is 19.1 Å². The molecule has 5 unspecified atom stereocenters. The van der Waals surface area contributed by atoms with E-state index >= 15 is 4.39 Å². The molecule has 9 aromatic heterocycles. The lowest BCUT2D eigenvalue weighted by atomic mass is 9.99. The van der Waals surface area contributed by atoms with Crippen LogP contribution >= 0.6 is 0 Å². The number of halogens is 3. The largest absolute Gasteiger partial charge is 0.496 e. The molecule has 0 aliphatic carbocycles. The number of anilines is 1. The van der Waals surface area contributed by atoms with Gasteiger partial charge in [-0.05, 0) is 84.5 Å². The number of piperidine rings is 1. The molecule has 44 heteroatoms. The van der Waals surface area contributed by atoms with E-state index < -0.39 is 102 Å². The number of hydrogen-bond donors (Lipinski definition) is 2. The number of fused-ring (bicyclic) bond motifs is 6. The lowest BCUT2D eigenvalue weighted by Gasteiger charge is -2.39. The third-order valence-electron chi connectivity index (χ3n) is 18.1. The highest BCUT2D eigenvalue weighted by molar-refractivity contribution is 7.86. The van der Waals surface area contributed by atoms with Crippen molar-refractivity contribution in [3.63, 3.8) is 0 Å². The number of aryl methyl sites for hydroxylation is 9. The zero-order valence-electron chi connectivity index (χ0n) is 60.2. The van der Waals surface area contributed by atoms with Crippen molar-refractivity contribution in [3.8, 4) is 5.75 Å². The first kappa shape index (κ1) is 78.8. The van der Waals surface area contributed by atoms with E-state index in [0.717, 1.165) is 76.3 Å². The Labute approximate surface area is 584 Å². The molecule has 12 rings (SSSR count). The van der Waals surface area contributed by atoms with Crippen LogP contribution < -0.4 is 56.0 Å². The summed E-state index contributed by atoms with van der Waals surface area (Å²) in [5.74, 6) is 4.79. The summed E-state index contributed by atoms with van der Waals surface area (Å²) in [5.41, 5.74) is 0.388. The molecule has 10 aromatic rings. The van der Waals surface area contributed by atoms with Crippen LogP contribution in [-0.2, 0) is 84.9 Å². The number of methoxy groups -OCH3 is 1. The van der Waals surface area contributed by atoms with E-state index in [1.165, 1.54) is 9.13 Å². The molecule has 39 nitrogen and oxygen atoms in total. The molecule has 3 N–H and O–H groups in total. The normalized spacial score (nSPS) is 16.4. The number of hydrogen-bond acceptors (Lipinski definition) is 26. The Balaban J connectivity index is 0.000000175. The second-order valence-corrected chi connectivity index (χ2v) is 32.7. The summed E-state index contributed by atoms with van der Waals surface area (Å²) in [4.78, 5) is 115. The lowest BCUT2D eigenvalue weighted by molar-refractivity contribution is -0.0345. The number of para-hydroxylation sites is 1. The number of nitrogens with two attached hydrogens (primary N) is 1. The zero-order valence-corrected chi connectivity index (χ0v) is 62.0. The Morgan fingerprint density at radius 2 is 1.01 bits per heavy atom. The molecule has 0 radical (unpaired) electrons. The number of aromatic amines is 1. The molecule has 562 valence electrons. The molecule has 103 heavy (non-hydrogen) atoms. The minimum atomic E-state index is -3.81. The minimum Gasteiger partial charge on any atom is -0.496 e. The van der Waals surface area contributed by atoms with Gasteiger partial charge in [0.05, 0.1) is 58.9 Å². The van der Waals surface area contributed by atoms with E-state index in [0.29, 0.717) is 40.4 Å². The first-order valence-corrected chi connectivity index (χ1v) is 37.0. The molecule has 2 saturated heterocycles. The van der Waals surface area contributed by atoms with E-state index in [-0.39, 0.29) is 66.0 Å². The van der Waals surface area contributed by atoms with Gasteiger partial charge in [0.15, 0.2) is 8.32 Å². The first-order chi connectivity index (χ1) is 48.1. The number of H-pyrrole nitrogens is 1. The summed E-state index contributed by atoms with van der Waals surface area (Å²) in [7, 11) is 4.15. The monoisotopic (exact) mass is 1490 g/mol. The fourth-order valence-corrected chi connectivity index (χ4v) is 12.2. The van der Waals surface area contributed by atoms with Crippen LogP contribution in [0.15, 0.2) is 62.6 Å². The summed E-state index contributed by atoms with van der Waals surface area (Å²) < 4.78 is 101. The van der Waals surface area contributed by atoms with Crippen LogP contribution in [0.5, 0.6) is 5.75 Å². The third-order valence-corrected chi connectivity index (χ3v) is 23.1. The summed E-state index contributed by atoms with van der Waals surface area (Å²) in [5, 5.41) is 23.2.